The van der Waals surface area contributed by atoms with Gasteiger partial charge in [0.05, 0.1) is 10.9 Å². The van der Waals surface area contributed by atoms with Crippen molar-refractivity contribution in [1.82, 2.24) is 4.98 Å². The van der Waals surface area contributed by atoms with Gasteiger partial charge in [-0.1, -0.05) is 23.9 Å². The molecule has 0 aliphatic carbocycles. The van der Waals surface area contributed by atoms with Crippen LogP contribution in [0.5, 0.6) is 0 Å². The van der Waals surface area contributed by atoms with Crippen molar-refractivity contribution in [3.8, 4) is 0 Å². The number of carbonyl (C=O) groups is 1. The van der Waals surface area contributed by atoms with Crippen molar-refractivity contribution >= 4 is 23.4 Å². The molecule has 2 aromatic rings. The standard InChI is InChI=1S/C15H18N2O2S/c1-9-6-5-7-13(8-9)17-14(18)12(4)20-15-16-10(2)11(3)19-15/h5-8,12H,1-4H3,(H,17,18). The molecular weight excluding hydrogens is 272 g/mol. The molecule has 2 rings (SSSR count). The Morgan fingerprint density at radius 3 is 2.70 bits per heavy atom. The first-order valence-corrected chi connectivity index (χ1v) is 7.32. The lowest BCUT2D eigenvalue weighted by atomic mass is 10.2. The Labute approximate surface area is 123 Å². The zero-order valence-electron chi connectivity index (χ0n) is 12.1. The molecular formula is C15H18N2O2S. The third kappa shape index (κ3) is 3.63. The van der Waals surface area contributed by atoms with Crippen molar-refractivity contribution in [1.29, 1.82) is 0 Å². The van der Waals surface area contributed by atoms with Crippen molar-refractivity contribution < 1.29 is 9.21 Å². The number of nitrogens with zero attached hydrogens (tertiary/aromatic N) is 1. The van der Waals surface area contributed by atoms with Gasteiger partial charge < -0.3 is 9.73 Å². The third-order valence-electron chi connectivity index (χ3n) is 2.94. The minimum atomic E-state index is -0.270. The zero-order valence-corrected chi connectivity index (χ0v) is 12.9. The van der Waals surface area contributed by atoms with Gasteiger partial charge >= 0.3 is 0 Å². The molecule has 106 valence electrons. The van der Waals surface area contributed by atoms with Gasteiger partial charge in [0.15, 0.2) is 0 Å². The van der Waals surface area contributed by atoms with Gasteiger partial charge in [0.25, 0.3) is 5.22 Å². The number of aryl methyl sites for hydroxylation is 3. The van der Waals surface area contributed by atoms with E-state index in [1.807, 2.05) is 52.0 Å². The molecule has 1 aromatic carbocycles. The van der Waals surface area contributed by atoms with E-state index in [9.17, 15) is 4.79 Å². The molecule has 1 aromatic heterocycles. The van der Waals surface area contributed by atoms with Crippen LogP contribution >= 0.6 is 11.8 Å². The fourth-order valence-electron chi connectivity index (χ4n) is 1.67. The van der Waals surface area contributed by atoms with E-state index < -0.39 is 0 Å². The molecule has 0 bridgehead atoms. The number of nitrogens with one attached hydrogen (secondary N) is 1. The highest BCUT2D eigenvalue weighted by molar-refractivity contribution is 8.00. The molecule has 0 aliphatic rings. The molecule has 0 radical (unpaired) electrons. The molecule has 0 spiro atoms. The summed E-state index contributed by atoms with van der Waals surface area (Å²) in [5.41, 5.74) is 2.78. The molecule has 0 saturated carbocycles. The zero-order chi connectivity index (χ0) is 14.7. The maximum atomic E-state index is 12.1. The SMILES string of the molecule is Cc1cccc(NC(=O)C(C)Sc2nc(C)c(C)o2)c1. The van der Waals surface area contributed by atoms with Crippen LogP contribution in [0.4, 0.5) is 5.69 Å². The quantitative estimate of drug-likeness (QED) is 0.872. The average Bonchev–Trinajstić information content (AvgIpc) is 2.68. The van der Waals surface area contributed by atoms with Crippen LogP contribution in [0.3, 0.4) is 0 Å². The van der Waals surface area contributed by atoms with E-state index in [-0.39, 0.29) is 11.2 Å². The third-order valence-corrected chi connectivity index (χ3v) is 3.89. The summed E-state index contributed by atoms with van der Waals surface area (Å²) < 4.78 is 5.48. The average molecular weight is 290 g/mol. The molecule has 1 N–H and O–H groups in total. The Bertz CT molecular complexity index is 603. The van der Waals surface area contributed by atoms with Gasteiger partial charge in [-0.2, -0.15) is 0 Å². The summed E-state index contributed by atoms with van der Waals surface area (Å²) in [6, 6.07) is 7.73. The van der Waals surface area contributed by atoms with E-state index in [1.165, 1.54) is 11.8 Å². The van der Waals surface area contributed by atoms with Crippen LogP contribution in [0.2, 0.25) is 0 Å². The number of anilines is 1. The highest BCUT2D eigenvalue weighted by atomic mass is 32.2. The Hall–Kier alpha value is -1.75. The first kappa shape index (κ1) is 14.7. The van der Waals surface area contributed by atoms with Crippen molar-refractivity contribution in [3.05, 3.63) is 41.3 Å². The van der Waals surface area contributed by atoms with E-state index in [2.05, 4.69) is 10.3 Å². The van der Waals surface area contributed by atoms with Crippen LogP contribution in [-0.4, -0.2) is 16.1 Å². The molecule has 1 unspecified atom stereocenters. The smallest absolute Gasteiger partial charge is 0.256 e. The van der Waals surface area contributed by atoms with E-state index in [4.69, 9.17) is 4.42 Å². The Morgan fingerprint density at radius 2 is 2.10 bits per heavy atom. The van der Waals surface area contributed by atoms with Gasteiger partial charge in [0, 0.05) is 5.69 Å². The second-order valence-corrected chi connectivity index (χ2v) is 6.03. The summed E-state index contributed by atoms with van der Waals surface area (Å²) in [5, 5.41) is 3.16. The van der Waals surface area contributed by atoms with Crippen LogP contribution in [0, 0.1) is 20.8 Å². The van der Waals surface area contributed by atoms with Crippen LogP contribution in [-0.2, 0) is 4.79 Å². The lowest BCUT2D eigenvalue weighted by Gasteiger charge is -2.10. The summed E-state index contributed by atoms with van der Waals surface area (Å²) in [6.07, 6.45) is 0. The number of benzene rings is 1. The summed E-state index contributed by atoms with van der Waals surface area (Å²) in [5.74, 6) is 0.730. The van der Waals surface area contributed by atoms with Gasteiger partial charge in [-0.05, 0) is 45.4 Å². The number of thioether (sulfide) groups is 1. The molecule has 5 heteroatoms. The van der Waals surface area contributed by atoms with Crippen LogP contribution < -0.4 is 5.32 Å². The topological polar surface area (TPSA) is 55.1 Å². The predicted octanol–water partition coefficient (Wildman–Crippen LogP) is 3.72. The first-order chi connectivity index (χ1) is 9.45. The molecule has 0 aliphatic heterocycles. The van der Waals surface area contributed by atoms with Gasteiger partial charge in [0.1, 0.15) is 5.76 Å². The summed E-state index contributed by atoms with van der Waals surface area (Å²) in [4.78, 5) is 16.4. The number of aromatic nitrogens is 1. The maximum Gasteiger partial charge on any atom is 0.256 e. The second kappa shape index (κ2) is 6.13. The van der Waals surface area contributed by atoms with Gasteiger partial charge in [-0.15, -0.1) is 0 Å². The van der Waals surface area contributed by atoms with Crippen LogP contribution in [0.1, 0.15) is 23.9 Å². The van der Waals surface area contributed by atoms with Gasteiger partial charge in [-0.25, -0.2) is 4.98 Å². The first-order valence-electron chi connectivity index (χ1n) is 6.44. The van der Waals surface area contributed by atoms with Crippen molar-refractivity contribution in [3.63, 3.8) is 0 Å². The minimum Gasteiger partial charge on any atom is -0.437 e. The minimum absolute atomic E-state index is 0.0610. The fourth-order valence-corrected chi connectivity index (χ4v) is 2.50. The van der Waals surface area contributed by atoms with E-state index in [1.54, 1.807) is 0 Å². The van der Waals surface area contributed by atoms with Crippen LogP contribution in [0.25, 0.3) is 0 Å². The maximum absolute atomic E-state index is 12.1. The molecule has 20 heavy (non-hydrogen) atoms. The lowest BCUT2D eigenvalue weighted by molar-refractivity contribution is -0.115. The summed E-state index contributed by atoms with van der Waals surface area (Å²) >= 11 is 1.32. The van der Waals surface area contributed by atoms with Crippen molar-refractivity contribution in [2.24, 2.45) is 0 Å². The lowest BCUT2D eigenvalue weighted by Crippen LogP contribution is -2.22. The Morgan fingerprint density at radius 1 is 1.35 bits per heavy atom. The monoisotopic (exact) mass is 290 g/mol. The van der Waals surface area contributed by atoms with Crippen molar-refractivity contribution in [2.45, 2.75) is 38.2 Å². The highest BCUT2D eigenvalue weighted by Crippen LogP contribution is 2.25. The van der Waals surface area contributed by atoms with E-state index >= 15 is 0 Å². The van der Waals surface area contributed by atoms with Gasteiger partial charge in [-0.3, -0.25) is 4.79 Å². The summed E-state index contributed by atoms with van der Waals surface area (Å²) in [6.45, 7) is 7.58. The molecule has 0 saturated heterocycles. The number of hydrogen-bond donors (Lipinski definition) is 1. The predicted molar refractivity (Wildman–Crippen MR) is 81.1 cm³/mol. The molecule has 4 nitrogen and oxygen atoms in total. The second-order valence-electron chi connectivity index (χ2n) is 4.74. The molecule has 1 amide bonds. The Balaban J connectivity index is 1.98. The van der Waals surface area contributed by atoms with Crippen LogP contribution in [0.15, 0.2) is 33.9 Å². The molecule has 1 heterocycles. The molecule has 0 fully saturated rings. The number of hydrogen-bond acceptors (Lipinski definition) is 4. The van der Waals surface area contributed by atoms with E-state index in [0.29, 0.717) is 5.22 Å². The summed E-state index contributed by atoms with van der Waals surface area (Å²) in [7, 11) is 0. The number of carbonyl (C=O) groups excluding carboxylic acids is 1. The van der Waals surface area contributed by atoms with Crippen molar-refractivity contribution in [2.75, 3.05) is 5.32 Å². The largest absolute Gasteiger partial charge is 0.437 e. The normalized spacial score (nSPS) is 12.2. The number of amides is 1. The molecule has 1 atom stereocenters. The fraction of sp³-hybridized carbons (Fsp3) is 0.333. The number of rotatable bonds is 4. The highest BCUT2D eigenvalue weighted by Gasteiger charge is 2.18. The van der Waals surface area contributed by atoms with Gasteiger partial charge in [0.2, 0.25) is 5.91 Å². The Kier molecular flexibility index (Phi) is 4.49. The van der Waals surface area contributed by atoms with E-state index in [0.717, 1.165) is 22.7 Å². The number of oxazole rings is 1.